The van der Waals surface area contributed by atoms with Crippen molar-refractivity contribution >= 4 is 40.2 Å². The molecule has 0 bridgehead atoms. The van der Waals surface area contributed by atoms with Crippen LogP contribution < -0.4 is 5.32 Å². The number of halogens is 2. The molecule has 1 aliphatic heterocycles. The van der Waals surface area contributed by atoms with Crippen molar-refractivity contribution in [2.45, 2.75) is 19.6 Å². The van der Waals surface area contributed by atoms with E-state index in [1.165, 1.54) is 26.0 Å². The lowest BCUT2D eigenvalue weighted by atomic mass is 10.2. The zero-order chi connectivity index (χ0) is 15.8. The molecule has 0 amide bonds. The molecule has 21 heavy (non-hydrogen) atoms. The molecule has 1 aromatic carbocycles. The molecular formula is C13H11FINO5. The van der Waals surface area contributed by atoms with E-state index < -0.39 is 29.3 Å². The predicted molar refractivity (Wildman–Crippen MR) is 78.8 cm³/mol. The Morgan fingerprint density at radius 1 is 1.29 bits per heavy atom. The lowest BCUT2D eigenvalue weighted by molar-refractivity contribution is -0.222. The molecule has 1 aliphatic rings. The van der Waals surface area contributed by atoms with Crippen LogP contribution in [0.4, 0.5) is 10.1 Å². The molecule has 1 fully saturated rings. The number of carbonyl (C=O) groups is 2. The summed E-state index contributed by atoms with van der Waals surface area (Å²) in [7, 11) is 0. The second kappa shape index (κ2) is 5.51. The monoisotopic (exact) mass is 407 g/mol. The van der Waals surface area contributed by atoms with Gasteiger partial charge in [-0.1, -0.05) is 0 Å². The first-order chi connectivity index (χ1) is 9.71. The van der Waals surface area contributed by atoms with Gasteiger partial charge in [0.2, 0.25) is 0 Å². The maximum absolute atomic E-state index is 13.5. The number of rotatable bonds is 2. The van der Waals surface area contributed by atoms with Gasteiger partial charge in [-0.25, -0.2) is 14.0 Å². The number of cyclic esters (lactones) is 2. The number of hydrogen-bond acceptors (Lipinski definition) is 6. The lowest BCUT2D eigenvalue weighted by Gasteiger charge is -2.29. The minimum absolute atomic E-state index is 0.00542. The molecule has 1 aromatic rings. The molecule has 112 valence electrons. The maximum atomic E-state index is 13.5. The number of hydrogen-bond donors (Lipinski definition) is 2. The lowest BCUT2D eigenvalue weighted by Crippen LogP contribution is -2.42. The van der Waals surface area contributed by atoms with Crippen molar-refractivity contribution in [3.05, 3.63) is 33.3 Å². The molecule has 0 spiro atoms. The van der Waals surface area contributed by atoms with Crippen molar-refractivity contribution in [1.29, 1.82) is 0 Å². The Bertz CT molecular complexity index is 634. The number of esters is 2. The largest absolute Gasteiger partial charge is 0.503 e. The molecule has 2 N–H and O–H groups in total. The Labute approximate surface area is 133 Å². The van der Waals surface area contributed by atoms with Crippen LogP contribution >= 0.6 is 22.6 Å². The first-order valence-corrected chi connectivity index (χ1v) is 6.89. The summed E-state index contributed by atoms with van der Waals surface area (Å²) in [5.41, 5.74) is -0.376. The molecule has 0 saturated carbocycles. The molecule has 1 heterocycles. The van der Waals surface area contributed by atoms with E-state index in [1.54, 1.807) is 22.6 Å². The number of phenolic OH excluding ortho intramolecular Hbond substituents is 1. The van der Waals surface area contributed by atoms with Crippen molar-refractivity contribution < 1.29 is 28.6 Å². The number of anilines is 1. The molecule has 1 saturated heterocycles. The summed E-state index contributed by atoms with van der Waals surface area (Å²) in [6.45, 7) is 2.85. The van der Waals surface area contributed by atoms with Crippen LogP contribution in [0.25, 0.3) is 0 Å². The standard InChI is InChI=1S/C13H11FINO5/c1-13(2)20-11(18)6(12(19)21-13)5-16-8-4-3-7(15)9(14)10(8)17/h3-5,16-17H,1-2H3. The number of benzene rings is 1. The number of ether oxygens (including phenoxy) is 2. The van der Waals surface area contributed by atoms with E-state index in [9.17, 15) is 19.1 Å². The van der Waals surface area contributed by atoms with E-state index in [2.05, 4.69) is 5.32 Å². The van der Waals surface area contributed by atoms with Crippen molar-refractivity contribution in [2.24, 2.45) is 0 Å². The smallest absolute Gasteiger partial charge is 0.350 e. The zero-order valence-corrected chi connectivity index (χ0v) is 13.2. The Kier molecular flexibility index (Phi) is 4.08. The molecule has 8 heteroatoms. The summed E-state index contributed by atoms with van der Waals surface area (Å²) in [5, 5.41) is 12.1. The van der Waals surface area contributed by atoms with Crippen molar-refractivity contribution in [1.82, 2.24) is 0 Å². The highest BCUT2D eigenvalue weighted by Gasteiger charge is 2.38. The van der Waals surface area contributed by atoms with E-state index in [1.807, 2.05) is 0 Å². The van der Waals surface area contributed by atoms with E-state index >= 15 is 0 Å². The van der Waals surface area contributed by atoms with Crippen LogP contribution in [-0.2, 0) is 19.1 Å². The average molecular weight is 407 g/mol. The van der Waals surface area contributed by atoms with Gasteiger partial charge in [-0.2, -0.15) is 0 Å². The van der Waals surface area contributed by atoms with Gasteiger partial charge in [0.25, 0.3) is 5.79 Å². The minimum Gasteiger partial charge on any atom is -0.503 e. The van der Waals surface area contributed by atoms with Gasteiger partial charge >= 0.3 is 11.9 Å². The fourth-order valence-corrected chi connectivity index (χ4v) is 2.02. The SMILES string of the molecule is CC1(C)OC(=O)C(=CNc2ccc(I)c(F)c2O)C(=O)O1. The van der Waals surface area contributed by atoms with Gasteiger partial charge in [0.05, 0.1) is 9.26 Å². The van der Waals surface area contributed by atoms with Crippen LogP contribution in [0, 0.1) is 9.39 Å². The van der Waals surface area contributed by atoms with Gasteiger partial charge in [-0.3, -0.25) is 0 Å². The zero-order valence-electron chi connectivity index (χ0n) is 11.1. The highest BCUT2D eigenvalue weighted by Crippen LogP contribution is 2.30. The van der Waals surface area contributed by atoms with E-state index in [0.29, 0.717) is 0 Å². The highest BCUT2D eigenvalue weighted by molar-refractivity contribution is 14.1. The molecule has 0 aliphatic carbocycles. The van der Waals surface area contributed by atoms with Gasteiger partial charge in [-0.05, 0) is 34.7 Å². The summed E-state index contributed by atoms with van der Waals surface area (Å²) < 4.78 is 23.5. The molecule has 0 unspecified atom stereocenters. The van der Waals surface area contributed by atoms with E-state index in [4.69, 9.17) is 9.47 Å². The fourth-order valence-electron chi connectivity index (χ4n) is 1.58. The van der Waals surface area contributed by atoms with Crippen molar-refractivity contribution in [3.8, 4) is 5.75 Å². The first kappa shape index (κ1) is 15.5. The Hall–Kier alpha value is -1.84. The van der Waals surface area contributed by atoms with Crippen molar-refractivity contribution in [2.75, 3.05) is 5.32 Å². The van der Waals surface area contributed by atoms with Gasteiger partial charge in [0.1, 0.15) is 0 Å². The minimum atomic E-state index is -1.33. The number of aromatic hydroxyl groups is 1. The third-order valence-corrected chi connectivity index (χ3v) is 3.39. The molecule has 2 rings (SSSR count). The average Bonchev–Trinajstić information content (AvgIpc) is 2.36. The van der Waals surface area contributed by atoms with E-state index in [0.717, 1.165) is 6.20 Å². The third kappa shape index (κ3) is 3.26. The first-order valence-electron chi connectivity index (χ1n) is 5.81. The van der Waals surface area contributed by atoms with Crippen LogP contribution in [0.5, 0.6) is 5.75 Å². The number of carbonyl (C=O) groups excluding carboxylic acids is 2. The Balaban J connectivity index is 2.24. The predicted octanol–water partition coefficient (Wildman–Crippen LogP) is 2.27. The summed E-state index contributed by atoms with van der Waals surface area (Å²) in [6, 6.07) is 2.83. The van der Waals surface area contributed by atoms with Gasteiger partial charge in [0.15, 0.2) is 17.1 Å². The fraction of sp³-hybridized carbons (Fsp3) is 0.231. The Morgan fingerprint density at radius 2 is 1.86 bits per heavy atom. The molecule has 0 aromatic heterocycles. The van der Waals surface area contributed by atoms with Crippen LogP contribution in [0.15, 0.2) is 23.9 Å². The van der Waals surface area contributed by atoms with Gasteiger partial charge in [0, 0.05) is 20.0 Å². The summed E-state index contributed by atoms with van der Waals surface area (Å²) in [5.74, 6) is -4.48. The second-order valence-corrected chi connectivity index (χ2v) is 5.80. The molecular weight excluding hydrogens is 396 g/mol. The maximum Gasteiger partial charge on any atom is 0.350 e. The Morgan fingerprint density at radius 3 is 2.43 bits per heavy atom. The van der Waals surface area contributed by atoms with Crippen LogP contribution in [0.1, 0.15) is 13.8 Å². The summed E-state index contributed by atoms with van der Waals surface area (Å²) in [6.07, 6.45) is 1.00. The molecule has 6 nitrogen and oxygen atoms in total. The number of nitrogens with one attached hydrogen (secondary N) is 1. The third-order valence-electron chi connectivity index (χ3n) is 2.56. The number of phenols is 1. The summed E-state index contributed by atoms with van der Waals surface area (Å²) >= 11 is 1.72. The van der Waals surface area contributed by atoms with E-state index in [-0.39, 0.29) is 14.8 Å². The quantitative estimate of drug-likeness (QED) is 0.257. The van der Waals surface area contributed by atoms with Crippen LogP contribution in [0.2, 0.25) is 0 Å². The summed E-state index contributed by atoms with van der Waals surface area (Å²) in [4.78, 5) is 23.4. The topological polar surface area (TPSA) is 84.9 Å². The van der Waals surface area contributed by atoms with Gasteiger partial charge in [-0.15, -0.1) is 0 Å². The second-order valence-electron chi connectivity index (χ2n) is 4.64. The van der Waals surface area contributed by atoms with Gasteiger partial charge < -0.3 is 19.9 Å². The normalized spacial score (nSPS) is 17.0. The van der Waals surface area contributed by atoms with Crippen LogP contribution in [0.3, 0.4) is 0 Å². The van der Waals surface area contributed by atoms with Crippen LogP contribution in [-0.4, -0.2) is 22.8 Å². The molecule has 0 atom stereocenters. The highest BCUT2D eigenvalue weighted by atomic mass is 127. The van der Waals surface area contributed by atoms with Crippen molar-refractivity contribution in [3.63, 3.8) is 0 Å². The molecule has 0 radical (unpaired) electrons.